The summed E-state index contributed by atoms with van der Waals surface area (Å²) in [5.41, 5.74) is 0. The van der Waals surface area contributed by atoms with Crippen LogP contribution in [0.4, 0.5) is 0 Å². The molecule has 71 heavy (non-hydrogen) atoms. The normalized spacial score (nSPS) is 12.9. The van der Waals surface area contributed by atoms with Crippen molar-refractivity contribution in [3.63, 3.8) is 0 Å². The van der Waals surface area contributed by atoms with Crippen LogP contribution in [0, 0.1) is 0 Å². The zero-order valence-electron chi connectivity index (χ0n) is 47.5. The molecule has 2 unspecified atom stereocenters. The number of rotatable bonds is 58. The predicted octanol–water partition coefficient (Wildman–Crippen LogP) is 19.7. The summed E-state index contributed by atoms with van der Waals surface area (Å²) in [6.45, 7) is 4.88. The van der Waals surface area contributed by atoms with Crippen LogP contribution in [0.3, 0.4) is 0 Å². The number of esters is 1. The first-order valence-corrected chi connectivity index (χ1v) is 31.4. The van der Waals surface area contributed by atoms with Crippen molar-refractivity contribution in [3.05, 3.63) is 48.6 Å². The number of amides is 1. The molecule has 0 heterocycles. The lowest BCUT2D eigenvalue weighted by Gasteiger charge is -2.20. The third kappa shape index (κ3) is 57.0. The molecule has 0 aliphatic heterocycles. The van der Waals surface area contributed by atoms with Crippen molar-refractivity contribution in [3.8, 4) is 0 Å². The van der Waals surface area contributed by atoms with Crippen LogP contribution in [0.15, 0.2) is 48.6 Å². The number of carbonyl (C=O) groups excluding carboxylic acids is 2. The molecule has 0 saturated heterocycles. The van der Waals surface area contributed by atoms with Crippen LogP contribution in [0.2, 0.25) is 0 Å². The molecular weight excluding hydrogens is 875 g/mol. The van der Waals surface area contributed by atoms with Gasteiger partial charge in [-0.15, -0.1) is 0 Å². The van der Waals surface area contributed by atoms with E-state index < -0.39 is 12.1 Å². The molecule has 3 N–H and O–H groups in total. The fourth-order valence-electron chi connectivity index (χ4n) is 9.48. The fourth-order valence-corrected chi connectivity index (χ4v) is 9.48. The van der Waals surface area contributed by atoms with E-state index in [-0.39, 0.29) is 18.5 Å². The van der Waals surface area contributed by atoms with E-state index in [0.717, 1.165) is 57.8 Å². The summed E-state index contributed by atoms with van der Waals surface area (Å²) < 4.78 is 5.49. The highest BCUT2D eigenvalue weighted by molar-refractivity contribution is 5.76. The van der Waals surface area contributed by atoms with Crippen molar-refractivity contribution in [2.45, 2.75) is 341 Å². The Morgan fingerprint density at radius 2 is 0.704 bits per heavy atom. The van der Waals surface area contributed by atoms with Gasteiger partial charge in [0.25, 0.3) is 0 Å². The minimum Gasteiger partial charge on any atom is -0.466 e. The Bertz CT molecular complexity index is 1190. The molecule has 0 bridgehead atoms. The summed E-state index contributed by atoms with van der Waals surface area (Å²) in [5.74, 6) is -0.0754. The van der Waals surface area contributed by atoms with Gasteiger partial charge in [0.2, 0.25) is 5.91 Å². The van der Waals surface area contributed by atoms with Crippen LogP contribution >= 0.6 is 0 Å². The smallest absolute Gasteiger partial charge is 0.305 e. The number of ether oxygens (including phenoxy) is 1. The van der Waals surface area contributed by atoms with E-state index in [1.54, 1.807) is 6.08 Å². The molecule has 1 amide bonds. The van der Waals surface area contributed by atoms with Crippen LogP contribution in [0.5, 0.6) is 0 Å². The van der Waals surface area contributed by atoms with E-state index in [1.165, 1.54) is 244 Å². The number of aliphatic hydroxyl groups excluding tert-OH is 2. The second-order valence-electron chi connectivity index (χ2n) is 21.4. The maximum atomic E-state index is 12.5. The molecule has 416 valence electrons. The van der Waals surface area contributed by atoms with Crippen molar-refractivity contribution in [1.82, 2.24) is 5.32 Å². The average Bonchev–Trinajstić information content (AvgIpc) is 3.37. The van der Waals surface area contributed by atoms with Gasteiger partial charge in [0, 0.05) is 12.8 Å². The van der Waals surface area contributed by atoms with Gasteiger partial charge in [0.05, 0.1) is 25.4 Å². The first kappa shape index (κ1) is 68.8. The summed E-state index contributed by atoms with van der Waals surface area (Å²) in [4.78, 5) is 24.5. The number of carbonyl (C=O) groups is 2. The van der Waals surface area contributed by atoms with Gasteiger partial charge in [0.1, 0.15) is 0 Å². The molecule has 6 heteroatoms. The Labute approximate surface area is 442 Å². The Morgan fingerprint density at radius 1 is 0.394 bits per heavy atom. The van der Waals surface area contributed by atoms with E-state index >= 15 is 0 Å². The van der Waals surface area contributed by atoms with E-state index in [2.05, 4.69) is 55.6 Å². The van der Waals surface area contributed by atoms with Gasteiger partial charge in [-0.3, -0.25) is 9.59 Å². The monoisotopic (exact) mass is 996 g/mol. The Morgan fingerprint density at radius 3 is 1.11 bits per heavy atom. The molecule has 0 fully saturated rings. The molecule has 0 radical (unpaired) electrons. The second-order valence-corrected chi connectivity index (χ2v) is 21.4. The zero-order chi connectivity index (χ0) is 51.4. The average molecular weight is 997 g/mol. The minimum atomic E-state index is -0.850. The lowest BCUT2D eigenvalue weighted by atomic mass is 10.0. The van der Waals surface area contributed by atoms with Gasteiger partial charge >= 0.3 is 5.97 Å². The minimum absolute atomic E-state index is 0.000386. The van der Waals surface area contributed by atoms with E-state index in [9.17, 15) is 19.8 Å². The molecule has 0 spiro atoms. The van der Waals surface area contributed by atoms with E-state index in [1.807, 2.05) is 6.08 Å². The van der Waals surface area contributed by atoms with Crippen molar-refractivity contribution < 1.29 is 24.5 Å². The highest BCUT2D eigenvalue weighted by Crippen LogP contribution is 2.17. The Kier molecular flexibility index (Phi) is 58.5. The van der Waals surface area contributed by atoms with Crippen molar-refractivity contribution in [1.29, 1.82) is 0 Å². The van der Waals surface area contributed by atoms with Crippen LogP contribution in [0.25, 0.3) is 0 Å². The number of unbranched alkanes of at least 4 members (excludes halogenated alkanes) is 41. The molecule has 6 nitrogen and oxygen atoms in total. The van der Waals surface area contributed by atoms with Crippen LogP contribution in [0.1, 0.15) is 328 Å². The lowest BCUT2D eigenvalue weighted by Crippen LogP contribution is -2.45. The number of allylic oxidation sites excluding steroid dienone is 7. The first-order valence-electron chi connectivity index (χ1n) is 31.4. The second kappa shape index (κ2) is 60.4. The summed E-state index contributed by atoms with van der Waals surface area (Å²) >= 11 is 0. The molecule has 0 aromatic carbocycles. The molecule has 2 atom stereocenters. The zero-order valence-corrected chi connectivity index (χ0v) is 47.5. The SMILES string of the molecule is CCCCC/C=C\C/C=C\CCCCCCCCCC(=O)OCCCCCCCCCCCC/C=C\CCCCCCCCCC(=O)NC(CO)C(O)/C=C/CCCCCCCCCCCCCCCC. The molecule has 0 rings (SSSR count). The maximum Gasteiger partial charge on any atom is 0.305 e. The van der Waals surface area contributed by atoms with Gasteiger partial charge in [-0.2, -0.15) is 0 Å². The summed E-state index contributed by atoms with van der Waals surface area (Å²) in [6, 6.07) is -0.634. The summed E-state index contributed by atoms with van der Waals surface area (Å²) in [7, 11) is 0. The van der Waals surface area contributed by atoms with Gasteiger partial charge in [-0.05, 0) is 89.9 Å². The first-order chi connectivity index (χ1) is 35.0. The quantitative estimate of drug-likeness (QED) is 0.0321. The van der Waals surface area contributed by atoms with Crippen LogP contribution in [-0.4, -0.2) is 47.4 Å². The highest BCUT2D eigenvalue weighted by Gasteiger charge is 2.18. The van der Waals surface area contributed by atoms with E-state index in [4.69, 9.17) is 4.74 Å². The molecule has 0 aliphatic carbocycles. The largest absolute Gasteiger partial charge is 0.466 e. The number of nitrogens with one attached hydrogen (secondary N) is 1. The van der Waals surface area contributed by atoms with Gasteiger partial charge in [-0.1, -0.05) is 274 Å². The molecule has 0 aromatic rings. The maximum absolute atomic E-state index is 12.5. The van der Waals surface area contributed by atoms with Gasteiger partial charge < -0.3 is 20.3 Å². The summed E-state index contributed by atoms with van der Waals surface area (Å²) in [5, 5.41) is 23.1. The Hall–Kier alpha value is -2.18. The van der Waals surface area contributed by atoms with Crippen LogP contribution in [-0.2, 0) is 14.3 Å². The predicted molar refractivity (Wildman–Crippen MR) is 310 cm³/mol. The fraction of sp³-hybridized carbons (Fsp3) is 0.846. The van der Waals surface area contributed by atoms with Crippen molar-refractivity contribution in [2.24, 2.45) is 0 Å². The van der Waals surface area contributed by atoms with Crippen molar-refractivity contribution >= 4 is 11.9 Å². The molecule has 0 aliphatic rings. The standard InChI is InChI=1S/C65H121NO5/c1-3-5-7-9-11-13-15-17-19-26-31-35-39-43-47-51-55-59-65(70)71-60-56-52-48-44-40-36-32-28-25-23-21-22-24-27-30-34-38-42-46-50-54-58-64(69)66-62(61-67)63(68)57-53-49-45-41-37-33-29-20-18-16-14-12-10-8-6-4-2/h11,13,17,19,22,24,53,57,62-63,67-68H,3-10,12,14-16,18,20-21,23,25-52,54-56,58-61H2,1-2H3,(H,66,69)/b13-11-,19-17-,24-22-,57-53+. The molecular formula is C65H121NO5. The molecule has 0 saturated carbocycles. The third-order valence-corrected chi connectivity index (χ3v) is 14.3. The third-order valence-electron chi connectivity index (χ3n) is 14.3. The highest BCUT2D eigenvalue weighted by atomic mass is 16.5. The topological polar surface area (TPSA) is 95.9 Å². The van der Waals surface area contributed by atoms with Gasteiger partial charge in [-0.25, -0.2) is 0 Å². The van der Waals surface area contributed by atoms with Gasteiger partial charge in [0.15, 0.2) is 0 Å². The lowest BCUT2D eigenvalue weighted by molar-refractivity contribution is -0.143. The molecule has 0 aromatic heterocycles. The van der Waals surface area contributed by atoms with Crippen molar-refractivity contribution in [2.75, 3.05) is 13.2 Å². The van der Waals surface area contributed by atoms with Crippen LogP contribution < -0.4 is 5.32 Å². The summed E-state index contributed by atoms with van der Waals surface area (Å²) in [6.07, 6.45) is 77.2. The number of hydrogen-bond acceptors (Lipinski definition) is 5. The van der Waals surface area contributed by atoms with E-state index in [0.29, 0.717) is 19.4 Å². The number of hydrogen-bond donors (Lipinski definition) is 3. The Balaban J connectivity index is 3.45. The number of aliphatic hydroxyl groups is 2.